The highest BCUT2D eigenvalue weighted by molar-refractivity contribution is 5.78. The molecule has 0 aliphatic rings. The molecule has 0 aliphatic carbocycles. The van der Waals surface area contributed by atoms with Crippen LogP contribution in [0.2, 0.25) is 0 Å². The fourth-order valence-corrected chi connectivity index (χ4v) is 0.838. The molecule has 0 rings (SSSR count). The maximum Gasteiger partial charge on any atom is 0.323 e. The Morgan fingerprint density at radius 3 is 2.46 bits per heavy atom. The smallest absolute Gasteiger partial charge is 0.323 e. The van der Waals surface area contributed by atoms with Crippen molar-refractivity contribution in [2.45, 2.75) is 38.8 Å². The fraction of sp³-hybridized carbons (Fsp3) is 0.889. The van der Waals surface area contributed by atoms with Crippen molar-refractivity contribution in [3.05, 3.63) is 0 Å². The van der Waals surface area contributed by atoms with E-state index in [9.17, 15) is 4.79 Å². The number of nitrogens with one attached hydrogen (secondary N) is 1. The quantitative estimate of drug-likeness (QED) is 0.650. The predicted octanol–water partition coefficient (Wildman–Crippen LogP) is 0.864. The Labute approximate surface area is 79.3 Å². The van der Waals surface area contributed by atoms with E-state index < -0.39 is 11.5 Å². The maximum absolute atomic E-state index is 10.8. The van der Waals surface area contributed by atoms with Crippen molar-refractivity contribution >= 4 is 5.97 Å². The molecule has 0 bridgehead atoms. The van der Waals surface area contributed by atoms with Gasteiger partial charge in [0.2, 0.25) is 0 Å². The highest BCUT2D eigenvalue weighted by Crippen LogP contribution is 2.09. The molecule has 0 radical (unpaired) electrons. The summed E-state index contributed by atoms with van der Waals surface area (Å²) >= 11 is 0. The van der Waals surface area contributed by atoms with Crippen molar-refractivity contribution in [1.82, 2.24) is 5.32 Å². The average molecular weight is 189 g/mol. The van der Waals surface area contributed by atoms with Crippen LogP contribution in [0.15, 0.2) is 0 Å². The van der Waals surface area contributed by atoms with Gasteiger partial charge < -0.3 is 15.2 Å². The summed E-state index contributed by atoms with van der Waals surface area (Å²) in [6.45, 7) is 5.97. The minimum Gasteiger partial charge on any atom is -0.480 e. The van der Waals surface area contributed by atoms with Crippen LogP contribution in [0.4, 0.5) is 0 Å². The number of hydrogen-bond acceptors (Lipinski definition) is 3. The van der Waals surface area contributed by atoms with Crippen LogP contribution in [0, 0.1) is 0 Å². The van der Waals surface area contributed by atoms with E-state index in [1.807, 2.05) is 13.8 Å². The second-order valence-corrected chi connectivity index (χ2v) is 3.56. The molecule has 0 saturated carbocycles. The molecule has 2 N–H and O–H groups in total. The van der Waals surface area contributed by atoms with Gasteiger partial charge in [0, 0.05) is 6.61 Å². The van der Waals surface area contributed by atoms with Crippen LogP contribution in [-0.2, 0) is 9.53 Å². The molecule has 0 fully saturated rings. The van der Waals surface area contributed by atoms with E-state index in [0.717, 1.165) is 0 Å². The molecular weight excluding hydrogens is 170 g/mol. The molecule has 1 atom stereocenters. The molecule has 0 heterocycles. The van der Waals surface area contributed by atoms with E-state index in [1.165, 1.54) is 0 Å². The minimum atomic E-state index is -0.880. The van der Waals surface area contributed by atoms with Crippen molar-refractivity contribution in [3.63, 3.8) is 0 Å². The summed E-state index contributed by atoms with van der Waals surface area (Å²) in [4.78, 5) is 10.8. The second kappa shape index (κ2) is 5.19. The van der Waals surface area contributed by atoms with Gasteiger partial charge in [-0.2, -0.15) is 0 Å². The lowest BCUT2D eigenvalue weighted by atomic mass is 9.99. The van der Waals surface area contributed by atoms with E-state index in [1.54, 1.807) is 14.0 Å². The Balaban J connectivity index is 3.92. The zero-order valence-electron chi connectivity index (χ0n) is 8.76. The molecular formula is C9H19NO3. The molecule has 0 aliphatic heterocycles. The van der Waals surface area contributed by atoms with Gasteiger partial charge in [0.1, 0.15) is 5.54 Å². The summed E-state index contributed by atoms with van der Waals surface area (Å²) in [5.74, 6) is -0.845. The largest absolute Gasteiger partial charge is 0.480 e. The van der Waals surface area contributed by atoms with Crippen molar-refractivity contribution in [2.24, 2.45) is 0 Å². The van der Waals surface area contributed by atoms with Crippen LogP contribution in [0.25, 0.3) is 0 Å². The Morgan fingerprint density at radius 2 is 2.15 bits per heavy atom. The minimum absolute atomic E-state index is 0.148. The molecule has 0 aromatic rings. The van der Waals surface area contributed by atoms with Crippen molar-refractivity contribution in [2.75, 3.05) is 13.7 Å². The molecule has 13 heavy (non-hydrogen) atoms. The van der Waals surface area contributed by atoms with Crippen LogP contribution in [0.5, 0.6) is 0 Å². The molecule has 0 spiro atoms. The Hall–Kier alpha value is -0.610. The monoisotopic (exact) mass is 189 g/mol. The van der Waals surface area contributed by atoms with Crippen molar-refractivity contribution < 1.29 is 14.6 Å². The molecule has 0 aromatic carbocycles. The van der Waals surface area contributed by atoms with Crippen LogP contribution in [0.3, 0.4) is 0 Å². The number of carbonyl (C=O) groups is 1. The summed E-state index contributed by atoms with van der Waals surface area (Å²) < 4.78 is 5.29. The van der Waals surface area contributed by atoms with E-state index in [-0.39, 0.29) is 6.10 Å². The van der Waals surface area contributed by atoms with Gasteiger partial charge in [-0.15, -0.1) is 0 Å². The molecule has 0 saturated heterocycles. The van der Waals surface area contributed by atoms with E-state index >= 15 is 0 Å². The van der Waals surface area contributed by atoms with Gasteiger partial charge in [-0.3, -0.25) is 4.79 Å². The Bertz CT molecular complexity index is 170. The van der Waals surface area contributed by atoms with Gasteiger partial charge in [0.15, 0.2) is 0 Å². The molecule has 1 unspecified atom stereocenters. The van der Waals surface area contributed by atoms with Crippen molar-refractivity contribution in [3.8, 4) is 0 Å². The highest BCUT2D eigenvalue weighted by Gasteiger charge is 2.30. The van der Waals surface area contributed by atoms with Gasteiger partial charge in [0.25, 0.3) is 0 Å². The fourth-order valence-electron chi connectivity index (χ4n) is 0.838. The normalized spacial score (nSPS) is 15.8. The van der Waals surface area contributed by atoms with Gasteiger partial charge in [-0.1, -0.05) is 0 Å². The standard InChI is InChI=1S/C9H19NO3/c1-7(2)13-6-5-9(3,10-4)8(11)12/h7,10H,5-6H2,1-4H3,(H,11,12). The number of carboxylic acids is 1. The molecule has 0 aromatic heterocycles. The number of ether oxygens (including phenoxy) is 1. The summed E-state index contributed by atoms with van der Waals surface area (Å²) in [6, 6.07) is 0. The van der Waals surface area contributed by atoms with Crippen LogP contribution >= 0.6 is 0 Å². The highest BCUT2D eigenvalue weighted by atomic mass is 16.5. The maximum atomic E-state index is 10.8. The van der Waals surface area contributed by atoms with Gasteiger partial charge in [-0.25, -0.2) is 0 Å². The first-order chi connectivity index (χ1) is 5.92. The summed E-state index contributed by atoms with van der Waals surface area (Å²) in [5, 5.41) is 11.7. The predicted molar refractivity (Wildman–Crippen MR) is 50.8 cm³/mol. The van der Waals surface area contributed by atoms with Crippen LogP contribution < -0.4 is 5.32 Å². The molecule has 4 nitrogen and oxygen atoms in total. The second-order valence-electron chi connectivity index (χ2n) is 3.56. The summed E-state index contributed by atoms with van der Waals surface area (Å²) in [7, 11) is 1.64. The third-order valence-electron chi connectivity index (χ3n) is 2.08. The Kier molecular flexibility index (Phi) is 4.95. The zero-order valence-corrected chi connectivity index (χ0v) is 8.76. The first-order valence-electron chi connectivity index (χ1n) is 4.46. The van der Waals surface area contributed by atoms with E-state index in [2.05, 4.69) is 5.32 Å². The molecule has 4 heteroatoms. The number of carboxylic acid groups (broad SMARTS) is 1. The van der Waals surface area contributed by atoms with Crippen LogP contribution in [0.1, 0.15) is 27.2 Å². The lowest BCUT2D eigenvalue weighted by molar-refractivity contribution is -0.145. The third kappa shape index (κ3) is 4.24. The zero-order chi connectivity index (χ0) is 10.5. The lowest BCUT2D eigenvalue weighted by Gasteiger charge is -2.24. The third-order valence-corrected chi connectivity index (χ3v) is 2.08. The average Bonchev–Trinajstić information content (AvgIpc) is 2.03. The number of aliphatic carboxylic acids is 1. The molecule has 0 amide bonds. The first kappa shape index (κ1) is 12.4. The SMILES string of the molecule is CNC(C)(CCOC(C)C)C(=O)O. The number of likely N-dealkylation sites (N-methyl/N-ethyl adjacent to an activating group) is 1. The van der Waals surface area contributed by atoms with Gasteiger partial charge in [-0.05, 0) is 34.2 Å². The summed E-state index contributed by atoms with van der Waals surface area (Å²) in [5.41, 5.74) is -0.880. The first-order valence-corrected chi connectivity index (χ1v) is 4.46. The van der Waals surface area contributed by atoms with E-state index in [4.69, 9.17) is 9.84 Å². The number of rotatable bonds is 6. The van der Waals surface area contributed by atoms with E-state index in [0.29, 0.717) is 13.0 Å². The van der Waals surface area contributed by atoms with Gasteiger partial charge in [0.05, 0.1) is 6.10 Å². The molecule has 78 valence electrons. The Morgan fingerprint density at radius 1 is 1.62 bits per heavy atom. The topological polar surface area (TPSA) is 58.6 Å². The lowest BCUT2D eigenvalue weighted by Crippen LogP contribution is -2.48. The summed E-state index contributed by atoms with van der Waals surface area (Å²) in [6.07, 6.45) is 0.617. The number of hydrogen-bond donors (Lipinski definition) is 2. The van der Waals surface area contributed by atoms with Gasteiger partial charge >= 0.3 is 5.97 Å². The van der Waals surface area contributed by atoms with Crippen molar-refractivity contribution in [1.29, 1.82) is 0 Å². The van der Waals surface area contributed by atoms with Crippen LogP contribution in [-0.4, -0.2) is 36.4 Å².